The summed E-state index contributed by atoms with van der Waals surface area (Å²) in [6.45, 7) is 0. The van der Waals surface area contributed by atoms with E-state index in [0.29, 0.717) is 0 Å². The number of hydrogen-bond acceptors (Lipinski definition) is 5. The molecule has 0 bridgehead atoms. The van der Waals surface area contributed by atoms with Crippen molar-refractivity contribution in [3.05, 3.63) is 0 Å². The van der Waals surface area contributed by atoms with Gasteiger partial charge in [0.05, 0.1) is 0 Å². The van der Waals surface area contributed by atoms with Gasteiger partial charge >= 0.3 is 9.05 Å². The molecule has 0 saturated heterocycles. The molecule has 0 aliphatic rings. The summed E-state index contributed by atoms with van der Waals surface area (Å²) in [5.74, 6) is 0. The average molecular weight is 329 g/mol. The van der Waals surface area contributed by atoms with Gasteiger partial charge in [0.15, 0.2) is 8.51 Å². The molecule has 14 heteroatoms. The third-order valence-corrected chi connectivity index (χ3v) is 8.09. The predicted molar refractivity (Wildman–Crippen MR) is 58.7 cm³/mol. The molecule has 2 unspecified atom stereocenters. The Kier molecular flexibility index (Phi) is 5.68. The minimum atomic E-state index is -3.55. The summed E-state index contributed by atoms with van der Waals surface area (Å²) in [7, 11) is -5.81. The summed E-state index contributed by atoms with van der Waals surface area (Å²) >= 11 is 0. The number of nitrogens with zero attached hydrogens (tertiary/aromatic N) is 3. The van der Waals surface area contributed by atoms with Crippen molar-refractivity contribution in [2.24, 2.45) is 0 Å². The van der Waals surface area contributed by atoms with Crippen LogP contribution in [0.3, 0.4) is 0 Å². The van der Waals surface area contributed by atoms with Crippen molar-refractivity contribution < 1.29 is 30.7 Å². The lowest BCUT2D eigenvalue weighted by molar-refractivity contribution is 0.0668. The Morgan fingerprint density at radius 3 is 2.18 bits per heavy atom. The van der Waals surface area contributed by atoms with Gasteiger partial charge in [0, 0.05) is 21.3 Å². The van der Waals surface area contributed by atoms with E-state index in [-0.39, 0.29) is 12.8 Å². The van der Waals surface area contributed by atoms with Crippen LogP contribution in [0.15, 0.2) is 0 Å². The molecule has 0 radical (unpaired) electrons. The van der Waals surface area contributed by atoms with Crippen molar-refractivity contribution >= 4 is 33.8 Å². The van der Waals surface area contributed by atoms with E-state index in [2.05, 4.69) is 4.51 Å². The summed E-state index contributed by atoms with van der Waals surface area (Å²) in [6.07, 6.45) is 0. The van der Waals surface area contributed by atoms with E-state index in [9.17, 15) is 13.2 Å². The molecule has 0 spiro atoms. The number of hydrogen-bond donors (Lipinski definition) is 0. The first-order chi connectivity index (χ1) is 7.99. The van der Waals surface area contributed by atoms with Gasteiger partial charge in [-0.2, -0.15) is 4.51 Å². The fourth-order valence-corrected chi connectivity index (χ4v) is 6.99. The molecule has 100 valence electrons. The Morgan fingerprint density at radius 1 is 1.18 bits per heavy atom. The monoisotopic (exact) mass is 329 g/mol. The topological polar surface area (TPSA) is 59.7 Å². The number of halogens is 3. The molecule has 2 atom stereocenters. The maximum atomic E-state index is 13.3. The molecular weight excluding hydrogens is 320 g/mol. The van der Waals surface area contributed by atoms with Crippen molar-refractivity contribution in [2.75, 3.05) is 21.3 Å². The molecule has 1 aromatic heterocycles. The standard InChI is InChI=1S/C3H9F3N3O4P3Si/c1-10-17(11-2,12-3)13-16-7-14-8(4)15(6)9(16)5/h1-3H3. The quantitative estimate of drug-likeness (QED) is 0.776. The third kappa shape index (κ3) is 3.33. The first-order valence-corrected chi connectivity index (χ1v) is 8.67. The lowest BCUT2D eigenvalue weighted by Gasteiger charge is -2.22. The Morgan fingerprint density at radius 2 is 1.71 bits per heavy atom. The van der Waals surface area contributed by atoms with Gasteiger partial charge in [-0.15, -0.1) is 4.20 Å². The Balaban J connectivity index is 3.06. The maximum absolute atomic E-state index is 13.3. The highest BCUT2D eigenvalue weighted by atomic mass is 31.2. The largest absolute Gasteiger partial charge is 0.689 e. The molecule has 0 amide bonds. The smallest absolute Gasteiger partial charge is 0.354 e. The lowest BCUT2D eigenvalue weighted by Crippen LogP contribution is -2.49. The summed E-state index contributed by atoms with van der Waals surface area (Å²) in [6, 6.07) is 0. The van der Waals surface area contributed by atoms with E-state index >= 15 is 0 Å². The van der Waals surface area contributed by atoms with E-state index in [1.807, 2.05) is 0 Å². The minimum absolute atomic E-state index is 0.366. The van der Waals surface area contributed by atoms with Crippen LogP contribution >= 0.6 is 24.7 Å². The Hall–Kier alpha value is 0.147. The highest BCUT2D eigenvalue weighted by Gasteiger charge is 2.45. The summed E-state index contributed by atoms with van der Waals surface area (Å²) in [4.78, 5) is 0. The second kappa shape index (κ2) is 6.35. The molecule has 0 aromatic carbocycles. The molecule has 1 rings (SSSR count). The number of rotatable bonds is 5. The first-order valence-electron chi connectivity index (χ1n) is 3.93. The molecule has 0 N–H and O–H groups in total. The molecule has 0 saturated carbocycles. The van der Waals surface area contributed by atoms with Crippen molar-refractivity contribution in [3.63, 3.8) is 0 Å². The van der Waals surface area contributed by atoms with Gasteiger partial charge in [-0.1, -0.05) is 17.6 Å². The second-order valence-electron chi connectivity index (χ2n) is 2.36. The Bertz CT molecular complexity index is 404. The normalized spacial score (nSPS) is 14.5. The van der Waals surface area contributed by atoms with Crippen LogP contribution in [0, 0.1) is 0 Å². The van der Waals surface area contributed by atoms with E-state index < -0.39 is 29.6 Å². The fourth-order valence-electron chi connectivity index (χ4n) is 0.771. The van der Waals surface area contributed by atoms with Crippen LogP contribution in [0.5, 0.6) is 0 Å². The predicted octanol–water partition coefficient (Wildman–Crippen LogP) is 2.36. The van der Waals surface area contributed by atoms with Crippen molar-refractivity contribution in [1.29, 1.82) is 0 Å². The van der Waals surface area contributed by atoms with Gasteiger partial charge in [-0.05, 0) is 0 Å². The molecule has 1 aromatic rings. The lowest BCUT2D eigenvalue weighted by atomic mass is 11.8. The Labute approximate surface area is 99.5 Å². The van der Waals surface area contributed by atoms with Crippen LogP contribution in [0.2, 0.25) is 0 Å². The van der Waals surface area contributed by atoms with E-state index in [4.69, 9.17) is 17.5 Å². The van der Waals surface area contributed by atoms with Gasteiger partial charge in [0.1, 0.15) is 0 Å². The molecule has 17 heavy (non-hydrogen) atoms. The van der Waals surface area contributed by atoms with Gasteiger partial charge < -0.3 is 13.3 Å². The molecule has 0 fully saturated rings. The zero-order chi connectivity index (χ0) is 13.1. The minimum Gasteiger partial charge on any atom is -0.354 e. The highest BCUT2D eigenvalue weighted by Crippen LogP contribution is 2.40. The van der Waals surface area contributed by atoms with Gasteiger partial charge in [0.25, 0.3) is 8.16 Å². The second-order valence-corrected chi connectivity index (χ2v) is 9.23. The summed E-state index contributed by atoms with van der Waals surface area (Å²) in [5.41, 5.74) is 0. The fraction of sp³-hybridized carbons (Fsp3) is 1.00. The van der Waals surface area contributed by atoms with Gasteiger partial charge in [0.2, 0.25) is 8.08 Å². The SMILES string of the molecule is CO[Si](OC)(OC)Op1npn(F)p(F)n1F. The summed E-state index contributed by atoms with van der Waals surface area (Å²) < 4.78 is 61.3. The van der Waals surface area contributed by atoms with Crippen LogP contribution in [0.25, 0.3) is 0 Å². The molecule has 0 aliphatic heterocycles. The highest BCUT2D eigenvalue weighted by molar-refractivity contribution is 7.56. The third-order valence-electron chi connectivity index (χ3n) is 1.55. The van der Waals surface area contributed by atoms with Crippen LogP contribution in [0.1, 0.15) is 0 Å². The van der Waals surface area contributed by atoms with Crippen molar-refractivity contribution in [2.45, 2.75) is 0 Å². The summed E-state index contributed by atoms with van der Waals surface area (Å²) in [5, 5.41) is 0. The van der Waals surface area contributed by atoms with E-state index in [0.717, 1.165) is 0 Å². The molecule has 0 aliphatic carbocycles. The van der Waals surface area contributed by atoms with Gasteiger partial charge in [-0.25, -0.2) is 0 Å². The van der Waals surface area contributed by atoms with Gasteiger partial charge in [-0.3, -0.25) is 4.21 Å². The van der Waals surface area contributed by atoms with E-state index in [1.165, 1.54) is 21.3 Å². The first kappa shape index (κ1) is 15.2. The molecule has 1 heterocycles. The zero-order valence-electron chi connectivity index (χ0n) is 8.95. The number of aromatic nitrogens is 3. The molecular formula is C3H9F3N3O4P3Si. The van der Waals surface area contributed by atoms with Crippen LogP contribution in [-0.2, 0) is 13.3 Å². The average Bonchev–Trinajstić information content (AvgIpc) is 2.36. The van der Waals surface area contributed by atoms with E-state index in [1.54, 1.807) is 0 Å². The van der Waals surface area contributed by atoms with Crippen LogP contribution in [0.4, 0.5) is 13.2 Å². The van der Waals surface area contributed by atoms with Crippen LogP contribution < -0.4 is 4.21 Å². The van der Waals surface area contributed by atoms with Crippen molar-refractivity contribution in [3.8, 4) is 0 Å². The maximum Gasteiger partial charge on any atom is 0.689 e. The van der Waals surface area contributed by atoms with Crippen LogP contribution in [-0.4, -0.2) is 43.5 Å². The van der Waals surface area contributed by atoms with Crippen molar-refractivity contribution in [1.82, 2.24) is 13.1 Å². The zero-order valence-corrected chi connectivity index (χ0v) is 12.6. The molecule has 7 nitrogen and oxygen atoms in total.